The average molecular weight is 383 g/mol. The van der Waals surface area contributed by atoms with Gasteiger partial charge in [-0.25, -0.2) is 4.39 Å². The van der Waals surface area contributed by atoms with Crippen molar-refractivity contribution in [3.05, 3.63) is 72.6 Å². The Labute approximate surface area is 160 Å². The summed E-state index contributed by atoms with van der Waals surface area (Å²) in [7, 11) is 1.58. The van der Waals surface area contributed by atoms with Crippen LogP contribution in [-0.4, -0.2) is 33.4 Å². The third kappa shape index (κ3) is 4.25. The van der Waals surface area contributed by atoms with Gasteiger partial charge in [0.1, 0.15) is 11.6 Å². The van der Waals surface area contributed by atoms with Crippen molar-refractivity contribution >= 4 is 17.5 Å². The van der Waals surface area contributed by atoms with E-state index in [2.05, 4.69) is 16.8 Å². The number of carbonyl (C=O) groups is 1. The zero-order valence-corrected chi connectivity index (χ0v) is 15.6. The van der Waals surface area contributed by atoms with Gasteiger partial charge in [-0.2, -0.15) is 0 Å². The molecule has 0 atom stereocenters. The topological polar surface area (TPSA) is 57.0 Å². The van der Waals surface area contributed by atoms with E-state index in [9.17, 15) is 9.18 Å². The van der Waals surface area contributed by atoms with Gasteiger partial charge in [0.2, 0.25) is 0 Å². The summed E-state index contributed by atoms with van der Waals surface area (Å²) in [5.41, 5.74) is 0.951. The molecular weight excluding hydrogens is 365 g/mol. The summed E-state index contributed by atoms with van der Waals surface area (Å²) in [5, 5.41) is 8.79. The predicted molar refractivity (Wildman–Crippen MR) is 104 cm³/mol. The number of halogens is 1. The van der Waals surface area contributed by atoms with Gasteiger partial charge in [0.25, 0.3) is 0 Å². The van der Waals surface area contributed by atoms with Gasteiger partial charge in [-0.3, -0.25) is 9.36 Å². The van der Waals surface area contributed by atoms with Crippen molar-refractivity contribution in [2.45, 2.75) is 11.7 Å². The Morgan fingerprint density at radius 3 is 2.63 bits per heavy atom. The molecule has 0 fully saturated rings. The lowest BCUT2D eigenvalue weighted by Gasteiger charge is -2.08. The molecule has 0 saturated carbocycles. The van der Waals surface area contributed by atoms with Crippen molar-refractivity contribution in [1.29, 1.82) is 0 Å². The molecule has 1 heterocycles. The number of methoxy groups -OCH3 is 1. The number of thioether (sulfide) groups is 1. The zero-order valence-electron chi connectivity index (χ0n) is 14.8. The zero-order chi connectivity index (χ0) is 19.2. The van der Waals surface area contributed by atoms with Crippen molar-refractivity contribution in [2.24, 2.45) is 0 Å². The second kappa shape index (κ2) is 8.64. The molecular formula is C20H18FN3O2S. The maximum atomic E-state index is 14.1. The van der Waals surface area contributed by atoms with Crippen molar-refractivity contribution in [3.8, 4) is 17.1 Å². The molecule has 138 valence electrons. The van der Waals surface area contributed by atoms with Crippen LogP contribution in [0.25, 0.3) is 11.4 Å². The molecule has 0 aliphatic heterocycles. The molecule has 1 aromatic heterocycles. The van der Waals surface area contributed by atoms with Gasteiger partial charge in [0, 0.05) is 12.1 Å². The van der Waals surface area contributed by atoms with Crippen LogP contribution in [0.3, 0.4) is 0 Å². The maximum absolute atomic E-state index is 14.1. The number of nitrogens with zero attached hydrogens (tertiary/aromatic N) is 3. The van der Waals surface area contributed by atoms with Crippen molar-refractivity contribution in [3.63, 3.8) is 0 Å². The van der Waals surface area contributed by atoms with Crippen LogP contribution in [0.5, 0.6) is 5.75 Å². The number of allylic oxidation sites excluding steroid dienone is 1. The molecule has 0 N–H and O–H groups in total. The first-order valence-corrected chi connectivity index (χ1v) is 9.21. The second-order valence-corrected chi connectivity index (χ2v) is 6.57. The SMILES string of the molecule is C=CCn1c(SCC(=O)c2ccc(OC)cc2)nnc1-c1ccccc1F. The summed E-state index contributed by atoms with van der Waals surface area (Å²) in [6, 6.07) is 13.3. The number of ketones is 1. The highest BCUT2D eigenvalue weighted by Crippen LogP contribution is 2.26. The molecule has 0 bridgehead atoms. The molecule has 0 saturated heterocycles. The van der Waals surface area contributed by atoms with Crippen molar-refractivity contribution in [2.75, 3.05) is 12.9 Å². The van der Waals surface area contributed by atoms with Crippen molar-refractivity contribution in [1.82, 2.24) is 14.8 Å². The van der Waals surface area contributed by atoms with E-state index in [0.29, 0.717) is 34.4 Å². The van der Waals surface area contributed by atoms with Crippen molar-refractivity contribution < 1.29 is 13.9 Å². The van der Waals surface area contributed by atoms with E-state index in [-0.39, 0.29) is 17.4 Å². The molecule has 0 unspecified atom stereocenters. The van der Waals surface area contributed by atoms with E-state index >= 15 is 0 Å². The number of hydrogen-bond acceptors (Lipinski definition) is 5. The summed E-state index contributed by atoms with van der Waals surface area (Å²) >= 11 is 1.26. The van der Waals surface area contributed by atoms with E-state index in [0.717, 1.165) is 0 Å². The molecule has 7 heteroatoms. The van der Waals surface area contributed by atoms with Crippen LogP contribution < -0.4 is 4.74 Å². The fourth-order valence-corrected chi connectivity index (χ4v) is 3.36. The Bertz CT molecular complexity index is 954. The molecule has 0 aliphatic carbocycles. The van der Waals surface area contributed by atoms with Gasteiger partial charge in [0.05, 0.1) is 18.4 Å². The molecule has 0 radical (unpaired) electrons. The number of carbonyl (C=O) groups excluding carboxylic acids is 1. The minimum atomic E-state index is -0.374. The first kappa shape index (κ1) is 18.8. The third-order valence-electron chi connectivity index (χ3n) is 3.89. The molecule has 27 heavy (non-hydrogen) atoms. The Balaban J connectivity index is 1.79. The second-order valence-electron chi connectivity index (χ2n) is 5.63. The number of ether oxygens (including phenoxy) is 1. The van der Waals surface area contributed by atoms with E-state index in [1.165, 1.54) is 17.8 Å². The molecule has 0 amide bonds. The smallest absolute Gasteiger partial charge is 0.192 e. The lowest BCUT2D eigenvalue weighted by Crippen LogP contribution is -2.06. The maximum Gasteiger partial charge on any atom is 0.192 e. The summed E-state index contributed by atoms with van der Waals surface area (Å²) in [5.74, 6) is 0.884. The third-order valence-corrected chi connectivity index (χ3v) is 4.85. The van der Waals surface area contributed by atoms with Crippen LogP contribution in [0, 0.1) is 5.82 Å². The van der Waals surface area contributed by atoms with Crippen LogP contribution in [0.2, 0.25) is 0 Å². The van der Waals surface area contributed by atoms with E-state index in [1.54, 1.807) is 60.2 Å². The van der Waals surface area contributed by atoms with Gasteiger partial charge in [-0.15, -0.1) is 16.8 Å². The quantitative estimate of drug-likeness (QED) is 0.331. The normalized spacial score (nSPS) is 10.6. The highest BCUT2D eigenvalue weighted by molar-refractivity contribution is 7.99. The first-order chi connectivity index (χ1) is 13.1. The van der Waals surface area contributed by atoms with Gasteiger partial charge < -0.3 is 4.74 Å². The number of rotatable bonds is 8. The molecule has 3 rings (SSSR count). The standard InChI is InChI=1S/C20H18FN3O2S/c1-3-12-24-19(16-6-4-5-7-17(16)21)22-23-20(24)27-13-18(25)14-8-10-15(26-2)11-9-14/h3-11H,1,12-13H2,2H3. The van der Waals surface area contributed by atoms with Gasteiger partial charge in [-0.05, 0) is 36.4 Å². The van der Waals surface area contributed by atoms with Gasteiger partial charge >= 0.3 is 0 Å². The summed E-state index contributed by atoms with van der Waals surface area (Å²) in [6.45, 7) is 4.15. The highest BCUT2D eigenvalue weighted by Gasteiger charge is 2.17. The van der Waals surface area contributed by atoms with Crippen LogP contribution in [-0.2, 0) is 6.54 Å². The minimum Gasteiger partial charge on any atom is -0.497 e. The molecule has 5 nitrogen and oxygen atoms in total. The molecule has 0 spiro atoms. The first-order valence-electron chi connectivity index (χ1n) is 8.23. The van der Waals surface area contributed by atoms with Gasteiger partial charge in [0.15, 0.2) is 16.8 Å². The Morgan fingerprint density at radius 2 is 1.96 bits per heavy atom. The van der Waals surface area contributed by atoms with Crippen LogP contribution in [0.15, 0.2) is 66.3 Å². The Kier molecular flexibility index (Phi) is 6.03. The predicted octanol–water partition coefficient (Wildman–Crippen LogP) is 4.25. The lowest BCUT2D eigenvalue weighted by atomic mass is 10.1. The lowest BCUT2D eigenvalue weighted by molar-refractivity contribution is 0.102. The van der Waals surface area contributed by atoms with Crippen LogP contribution in [0.1, 0.15) is 10.4 Å². The number of aromatic nitrogens is 3. The fraction of sp³-hybridized carbons (Fsp3) is 0.150. The average Bonchev–Trinajstić information content (AvgIpc) is 3.09. The van der Waals surface area contributed by atoms with E-state index < -0.39 is 0 Å². The Morgan fingerprint density at radius 1 is 1.22 bits per heavy atom. The largest absolute Gasteiger partial charge is 0.497 e. The minimum absolute atomic E-state index is 0.0387. The molecule has 0 aliphatic rings. The van der Waals surface area contributed by atoms with Crippen LogP contribution in [0.4, 0.5) is 4.39 Å². The number of hydrogen-bond donors (Lipinski definition) is 0. The number of benzene rings is 2. The van der Waals surface area contributed by atoms with Crippen LogP contribution >= 0.6 is 11.8 Å². The number of Topliss-reactive ketones (excluding diaryl/α,β-unsaturated/α-hetero) is 1. The summed E-state index contributed by atoms with van der Waals surface area (Å²) in [4.78, 5) is 12.4. The molecule has 2 aromatic carbocycles. The molecule has 3 aromatic rings. The van der Waals surface area contributed by atoms with Gasteiger partial charge in [-0.1, -0.05) is 30.0 Å². The highest BCUT2D eigenvalue weighted by atomic mass is 32.2. The Hall–Kier alpha value is -2.93. The van der Waals surface area contributed by atoms with E-state index in [4.69, 9.17) is 4.74 Å². The monoisotopic (exact) mass is 383 g/mol. The fourth-order valence-electron chi connectivity index (χ4n) is 2.52. The van der Waals surface area contributed by atoms with E-state index in [1.807, 2.05) is 0 Å². The summed E-state index contributed by atoms with van der Waals surface area (Å²) < 4.78 is 21.0. The summed E-state index contributed by atoms with van der Waals surface area (Å²) in [6.07, 6.45) is 1.68.